The molecule has 7 rings (SSSR count). The van der Waals surface area contributed by atoms with Gasteiger partial charge in [0.15, 0.2) is 0 Å². The molecule has 1 unspecified atom stereocenters. The average Bonchev–Trinajstić information content (AvgIpc) is 3.61. The lowest BCUT2D eigenvalue weighted by Crippen LogP contribution is -2.12. The summed E-state index contributed by atoms with van der Waals surface area (Å²) in [4.78, 5) is 14.7. The number of rotatable bonds is 4. The minimum Gasteiger partial charge on any atom is -0.372 e. The molecule has 0 radical (unpaired) electrons. The van der Waals surface area contributed by atoms with Crippen molar-refractivity contribution in [1.82, 2.24) is 19.5 Å². The highest BCUT2D eigenvalue weighted by atomic mass is 35.5. The molecule has 1 saturated heterocycles. The van der Waals surface area contributed by atoms with Gasteiger partial charge >= 0.3 is 0 Å². The lowest BCUT2D eigenvalue weighted by atomic mass is 10.0. The zero-order valence-corrected chi connectivity index (χ0v) is 21.5. The number of nitrogens with zero attached hydrogens (tertiary/aromatic N) is 4. The number of aromatic nitrogens is 4. The summed E-state index contributed by atoms with van der Waals surface area (Å²) in [6.45, 7) is 0.797. The number of imidazole rings is 1. The molecule has 2 aliphatic rings. The van der Waals surface area contributed by atoms with Crippen LogP contribution in [0.1, 0.15) is 62.8 Å². The molecule has 3 aromatic heterocycles. The normalized spacial score (nSPS) is 18.7. The van der Waals surface area contributed by atoms with E-state index in [2.05, 4.69) is 59.2 Å². The van der Waals surface area contributed by atoms with Crippen LogP contribution in [-0.2, 0) is 4.74 Å². The molecule has 37 heavy (non-hydrogen) atoms. The third kappa shape index (κ3) is 4.20. The minimum atomic E-state index is 0.0563. The molecule has 0 amide bonds. The maximum atomic E-state index is 6.54. The second-order valence-electron chi connectivity index (χ2n) is 10.3. The van der Waals surface area contributed by atoms with Crippen LogP contribution < -0.4 is 0 Å². The van der Waals surface area contributed by atoms with Gasteiger partial charge in [-0.25, -0.2) is 9.97 Å². The number of pyridine rings is 2. The molecule has 2 aromatic carbocycles. The van der Waals surface area contributed by atoms with Crippen LogP contribution in [0.2, 0.25) is 5.15 Å². The van der Waals surface area contributed by atoms with Gasteiger partial charge in [0.2, 0.25) is 0 Å². The van der Waals surface area contributed by atoms with Gasteiger partial charge in [0.1, 0.15) is 11.0 Å². The Labute approximate surface area is 221 Å². The van der Waals surface area contributed by atoms with Crippen molar-refractivity contribution in [2.45, 2.75) is 57.1 Å². The zero-order valence-electron chi connectivity index (χ0n) is 20.7. The van der Waals surface area contributed by atoms with E-state index in [1.165, 1.54) is 37.6 Å². The van der Waals surface area contributed by atoms with Crippen molar-refractivity contribution < 1.29 is 4.74 Å². The number of hydrogen-bond acceptors (Lipinski definition) is 4. The van der Waals surface area contributed by atoms with Crippen LogP contribution in [0.3, 0.4) is 0 Å². The predicted molar refractivity (Wildman–Crippen MR) is 149 cm³/mol. The van der Waals surface area contributed by atoms with Crippen LogP contribution in [0.4, 0.5) is 0 Å². The van der Waals surface area contributed by atoms with E-state index in [4.69, 9.17) is 31.3 Å². The number of hydrogen-bond donors (Lipinski definition) is 0. The van der Waals surface area contributed by atoms with Crippen LogP contribution in [0.5, 0.6) is 0 Å². The maximum Gasteiger partial charge on any atom is 0.141 e. The molecule has 1 atom stereocenters. The van der Waals surface area contributed by atoms with Crippen LogP contribution in [-0.4, -0.2) is 26.1 Å². The molecule has 2 fully saturated rings. The van der Waals surface area contributed by atoms with Gasteiger partial charge in [-0.3, -0.25) is 4.98 Å². The highest BCUT2D eigenvalue weighted by Gasteiger charge is 2.24. The van der Waals surface area contributed by atoms with E-state index in [1.54, 1.807) is 0 Å². The topological polar surface area (TPSA) is 52.8 Å². The summed E-state index contributed by atoms with van der Waals surface area (Å²) in [6, 6.07) is 21.6. The first kappa shape index (κ1) is 22.9. The largest absolute Gasteiger partial charge is 0.372 e. The van der Waals surface area contributed by atoms with Crippen molar-refractivity contribution >= 4 is 33.4 Å². The highest BCUT2D eigenvalue weighted by molar-refractivity contribution is 6.30. The summed E-state index contributed by atoms with van der Waals surface area (Å²) in [7, 11) is 0. The van der Waals surface area contributed by atoms with Gasteiger partial charge in [0.05, 0.1) is 28.5 Å². The van der Waals surface area contributed by atoms with Gasteiger partial charge in [-0.2, -0.15) is 0 Å². The molecule has 6 heteroatoms. The van der Waals surface area contributed by atoms with Crippen molar-refractivity contribution in [2.75, 3.05) is 6.61 Å². The van der Waals surface area contributed by atoms with E-state index >= 15 is 0 Å². The van der Waals surface area contributed by atoms with Crippen LogP contribution in [0.25, 0.3) is 44.5 Å². The van der Waals surface area contributed by atoms with E-state index in [-0.39, 0.29) is 6.10 Å². The van der Waals surface area contributed by atoms with Crippen LogP contribution in [0, 0.1) is 0 Å². The third-order valence-electron chi connectivity index (χ3n) is 7.90. The molecular formula is C31H29ClN4O. The highest BCUT2D eigenvalue weighted by Crippen LogP contribution is 2.39. The summed E-state index contributed by atoms with van der Waals surface area (Å²) in [5.41, 5.74) is 6.12. The third-order valence-corrected chi connectivity index (χ3v) is 8.09. The lowest BCUT2D eigenvalue weighted by molar-refractivity contribution is 0.0124. The van der Waals surface area contributed by atoms with Crippen LogP contribution in [0.15, 0.2) is 66.9 Å². The fourth-order valence-corrected chi connectivity index (χ4v) is 6.27. The second-order valence-corrected chi connectivity index (χ2v) is 10.7. The SMILES string of the molecule is Clc1cc2cc(C3CCCCO3)ncc2c(-c2ccc3c(c2)nc(-c2ccccc2)n3C2CCCC2)n1. The number of fused-ring (bicyclic) bond motifs is 2. The summed E-state index contributed by atoms with van der Waals surface area (Å²) in [5, 5.41) is 2.50. The summed E-state index contributed by atoms with van der Waals surface area (Å²) < 4.78 is 8.44. The van der Waals surface area contributed by atoms with Crippen LogP contribution >= 0.6 is 11.6 Å². The van der Waals surface area contributed by atoms with Gasteiger partial charge < -0.3 is 9.30 Å². The lowest BCUT2D eigenvalue weighted by Gasteiger charge is -2.22. The Morgan fingerprint density at radius 1 is 0.838 bits per heavy atom. The minimum absolute atomic E-state index is 0.0563. The molecule has 5 nitrogen and oxygen atoms in total. The van der Waals surface area contributed by atoms with Gasteiger partial charge in [-0.15, -0.1) is 0 Å². The van der Waals surface area contributed by atoms with E-state index in [1.807, 2.05) is 12.3 Å². The summed E-state index contributed by atoms with van der Waals surface area (Å²) >= 11 is 6.54. The molecule has 1 saturated carbocycles. The molecular weight excluding hydrogens is 480 g/mol. The Morgan fingerprint density at radius 3 is 2.49 bits per heavy atom. The second kappa shape index (κ2) is 9.55. The maximum absolute atomic E-state index is 6.54. The molecule has 186 valence electrons. The van der Waals surface area contributed by atoms with Gasteiger partial charge in [0.25, 0.3) is 0 Å². The Hall–Kier alpha value is -3.28. The smallest absolute Gasteiger partial charge is 0.141 e. The number of benzene rings is 2. The first-order chi connectivity index (χ1) is 18.2. The Bertz CT molecular complexity index is 1580. The Morgan fingerprint density at radius 2 is 1.68 bits per heavy atom. The van der Waals surface area contributed by atoms with Crippen molar-refractivity contribution in [3.05, 3.63) is 77.7 Å². The van der Waals surface area contributed by atoms with E-state index in [0.29, 0.717) is 11.2 Å². The number of halogens is 1. The molecule has 5 aromatic rings. The molecule has 0 spiro atoms. The zero-order chi connectivity index (χ0) is 24.8. The van der Waals surface area contributed by atoms with Crippen molar-refractivity contribution in [3.8, 4) is 22.6 Å². The Balaban J connectivity index is 1.35. The quantitative estimate of drug-likeness (QED) is 0.229. The Kier molecular flexibility index (Phi) is 5.90. The standard InChI is InChI=1S/C31H29ClN4O/c32-29-18-22-17-26(28-12-6-7-15-37-28)33-19-24(22)30(35-29)21-13-14-27-25(16-21)34-31(20-8-2-1-3-9-20)36(27)23-10-4-5-11-23/h1-3,8-9,13-14,16-19,23,28H,4-7,10-12,15H2. The molecule has 1 aliphatic heterocycles. The molecule has 0 bridgehead atoms. The van der Waals surface area contributed by atoms with Crippen molar-refractivity contribution in [1.29, 1.82) is 0 Å². The molecule has 4 heterocycles. The van der Waals surface area contributed by atoms with Gasteiger partial charge in [-0.05, 0) is 61.8 Å². The van der Waals surface area contributed by atoms with Gasteiger partial charge in [-0.1, -0.05) is 60.8 Å². The van der Waals surface area contributed by atoms with Crippen molar-refractivity contribution in [2.24, 2.45) is 0 Å². The molecule has 0 N–H and O–H groups in total. The van der Waals surface area contributed by atoms with Gasteiger partial charge in [0, 0.05) is 35.4 Å². The summed E-state index contributed by atoms with van der Waals surface area (Å²) in [5.74, 6) is 1.04. The first-order valence-corrected chi connectivity index (χ1v) is 13.8. The van der Waals surface area contributed by atoms with E-state index in [9.17, 15) is 0 Å². The fourth-order valence-electron chi connectivity index (χ4n) is 6.07. The summed E-state index contributed by atoms with van der Waals surface area (Å²) in [6.07, 6.45) is 10.2. The van der Waals surface area contributed by atoms with Crippen molar-refractivity contribution in [3.63, 3.8) is 0 Å². The van der Waals surface area contributed by atoms with E-state index < -0.39 is 0 Å². The average molecular weight is 509 g/mol. The fraction of sp³-hybridized carbons (Fsp3) is 0.323. The monoisotopic (exact) mass is 508 g/mol. The predicted octanol–water partition coefficient (Wildman–Crippen LogP) is 8.32. The molecule has 1 aliphatic carbocycles. The van der Waals surface area contributed by atoms with E-state index in [0.717, 1.165) is 64.1 Å². The first-order valence-electron chi connectivity index (χ1n) is 13.4. The number of ether oxygens (including phenoxy) is 1.